The van der Waals surface area contributed by atoms with Crippen molar-refractivity contribution in [1.29, 1.82) is 0 Å². The van der Waals surface area contributed by atoms with Crippen molar-refractivity contribution in [2.24, 2.45) is 0 Å². The van der Waals surface area contributed by atoms with Crippen molar-refractivity contribution in [3.8, 4) is 22.5 Å². The number of imidazole rings is 1. The van der Waals surface area contributed by atoms with Crippen LogP contribution in [0.1, 0.15) is 25.5 Å². The lowest BCUT2D eigenvalue weighted by Crippen LogP contribution is -1.94. The molecule has 0 saturated carbocycles. The Kier molecular flexibility index (Phi) is 3.59. The minimum atomic E-state index is 0.937. The largest absolute Gasteiger partial charge is 0.331 e. The van der Waals surface area contributed by atoms with Gasteiger partial charge in [0.15, 0.2) is 0 Å². The lowest BCUT2D eigenvalue weighted by molar-refractivity contribution is 0.658. The van der Waals surface area contributed by atoms with E-state index >= 15 is 0 Å². The molecule has 0 unspecified atom stereocenters. The van der Waals surface area contributed by atoms with Crippen molar-refractivity contribution in [2.75, 3.05) is 0 Å². The van der Waals surface area contributed by atoms with Gasteiger partial charge in [-0.25, -0.2) is 4.98 Å². The maximum atomic E-state index is 4.90. The summed E-state index contributed by atoms with van der Waals surface area (Å²) < 4.78 is 4.40. The summed E-state index contributed by atoms with van der Waals surface area (Å²) >= 11 is 0. The molecule has 5 heteroatoms. The van der Waals surface area contributed by atoms with Gasteiger partial charge in [-0.1, -0.05) is 19.1 Å². The van der Waals surface area contributed by atoms with E-state index in [0.717, 1.165) is 49.3 Å². The number of aryl methyl sites for hydroxylation is 2. The average Bonchev–Trinajstić information content (AvgIpc) is 3.37. The first-order valence-corrected chi connectivity index (χ1v) is 9.31. The molecule has 3 aromatic heterocycles. The van der Waals surface area contributed by atoms with Crippen molar-refractivity contribution in [3.05, 3.63) is 54.6 Å². The Morgan fingerprint density at radius 3 is 2.92 bits per heavy atom. The molecule has 0 N–H and O–H groups in total. The van der Waals surface area contributed by atoms with Crippen LogP contribution in [-0.2, 0) is 19.5 Å². The second-order valence-corrected chi connectivity index (χ2v) is 6.85. The van der Waals surface area contributed by atoms with Gasteiger partial charge < -0.3 is 4.57 Å². The van der Waals surface area contributed by atoms with Crippen molar-refractivity contribution in [2.45, 2.75) is 39.3 Å². The first-order chi connectivity index (χ1) is 12.8. The normalized spacial score (nSPS) is 13.4. The molecule has 1 aliphatic rings. The second kappa shape index (κ2) is 6.09. The Balaban J connectivity index is 1.73. The highest BCUT2D eigenvalue weighted by Gasteiger charge is 2.24. The molecule has 1 aliphatic heterocycles. The Bertz CT molecular complexity index is 1070. The average molecular weight is 343 g/mol. The number of hydrogen-bond acceptors (Lipinski definition) is 3. The van der Waals surface area contributed by atoms with Crippen LogP contribution in [0, 0.1) is 0 Å². The number of rotatable bonds is 4. The molecule has 5 nitrogen and oxygen atoms in total. The summed E-state index contributed by atoms with van der Waals surface area (Å²) in [6, 6.07) is 12.6. The highest BCUT2D eigenvalue weighted by molar-refractivity contribution is 5.88. The van der Waals surface area contributed by atoms with Crippen LogP contribution in [0.5, 0.6) is 0 Å². The summed E-state index contributed by atoms with van der Waals surface area (Å²) in [7, 11) is 0. The van der Waals surface area contributed by atoms with E-state index in [1.165, 1.54) is 22.3 Å². The standard InChI is InChI=1S/C21H21N5/c1-2-11-25-14-23-16-9-8-15(13-19(16)25)20-18-7-5-12-26(18)24-21(20)17-6-3-4-10-22-17/h3-4,6,8-10,13-14H,2,5,7,11-12H2,1H3. The Morgan fingerprint density at radius 2 is 2.08 bits per heavy atom. The predicted octanol–water partition coefficient (Wildman–Crippen LogP) is 4.32. The van der Waals surface area contributed by atoms with E-state index in [0.29, 0.717) is 0 Å². The van der Waals surface area contributed by atoms with Crippen LogP contribution in [0.3, 0.4) is 0 Å². The number of nitrogens with zero attached hydrogens (tertiary/aromatic N) is 5. The topological polar surface area (TPSA) is 48.5 Å². The molecule has 1 aromatic carbocycles. The van der Waals surface area contributed by atoms with Crippen molar-refractivity contribution in [3.63, 3.8) is 0 Å². The zero-order valence-corrected chi connectivity index (χ0v) is 14.9. The van der Waals surface area contributed by atoms with Crippen LogP contribution < -0.4 is 0 Å². The third-order valence-electron chi connectivity index (χ3n) is 5.12. The number of benzene rings is 1. The van der Waals surface area contributed by atoms with E-state index in [-0.39, 0.29) is 0 Å². The van der Waals surface area contributed by atoms with E-state index in [9.17, 15) is 0 Å². The second-order valence-electron chi connectivity index (χ2n) is 6.85. The van der Waals surface area contributed by atoms with Crippen molar-refractivity contribution >= 4 is 11.0 Å². The van der Waals surface area contributed by atoms with Crippen LogP contribution in [0.4, 0.5) is 0 Å². The van der Waals surface area contributed by atoms with Gasteiger partial charge in [-0.3, -0.25) is 9.67 Å². The zero-order valence-electron chi connectivity index (χ0n) is 14.9. The van der Waals surface area contributed by atoms with Crippen LogP contribution >= 0.6 is 0 Å². The van der Waals surface area contributed by atoms with Crippen LogP contribution in [0.15, 0.2) is 48.9 Å². The van der Waals surface area contributed by atoms with Crippen LogP contribution in [-0.4, -0.2) is 24.3 Å². The molecule has 5 rings (SSSR count). The first-order valence-electron chi connectivity index (χ1n) is 9.31. The maximum absolute atomic E-state index is 4.90. The highest BCUT2D eigenvalue weighted by atomic mass is 15.3. The molecule has 130 valence electrons. The van der Waals surface area contributed by atoms with Gasteiger partial charge in [0.2, 0.25) is 0 Å². The van der Waals surface area contributed by atoms with E-state index < -0.39 is 0 Å². The Labute approximate surface area is 152 Å². The minimum Gasteiger partial charge on any atom is -0.331 e. The summed E-state index contributed by atoms with van der Waals surface area (Å²) in [4.78, 5) is 9.10. The van der Waals surface area contributed by atoms with Crippen LogP contribution in [0.25, 0.3) is 33.5 Å². The first kappa shape index (κ1) is 15.3. The van der Waals surface area contributed by atoms with E-state index in [1.54, 1.807) is 0 Å². The molecular formula is C21H21N5. The summed E-state index contributed by atoms with van der Waals surface area (Å²) in [5.41, 5.74) is 7.92. The smallest absolute Gasteiger partial charge is 0.119 e. The van der Waals surface area contributed by atoms with Gasteiger partial charge in [-0.05, 0) is 49.1 Å². The van der Waals surface area contributed by atoms with Gasteiger partial charge in [0.25, 0.3) is 0 Å². The number of hydrogen-bond donors (Lipinski definition) is 0. The molecule has 0 amide bonds. The van der Waals surface area contributed by atoms with Crippen molar-refractivity contribution in [1.82, 2.24) is 24.3 Å². The third kappa shape index (κ3) is 2.35. The maximum Gasteiger partial charge on any atom is 0.119 e. The predicted molar refractivity (Wildman–Crippen MR) is 103 cm³/mol. The summed E-state index contributed by atoms with van der Waals surface area (Å²) in [6.45, 7) is 4.17. The molecule has 26 heavy (non-hydrogen) atoms. The van der Waals surface area contributed by atoms with Gasteiger partial charge in [0, 0.05) is 30.5 Å². The lowest BCUT2D eigenvalue weighted by Gasteiger charge is -2.07. The molecule has 0 bridgehead atoms. The summed E-state index contributed by atoms with van der Waals surface area (Å²) in [5.74, 6) is 0. The molecule has 0 saturated heterocycles. The lowest BCUT2D eigenvalue weighted by atomic mass is 9.99. The van der Waals surface area contributed by atoms with E-state index in [1.807, 2.05) is 30.7 Å². The van der Waals surface area contributed by atoms with E-state index in [2.05, 4.69) is 44.3 Å². The number of pyridine rings is 1. The summed E-state index contributed by atoms with van der Waals surface area (Å²) in [6.07, 6.45) is 7.11. The van der Waals surface area contributed by atoms with Gasteiger partial charge in [-0.15, -0.1) is 0 Å². The fourth-order valence-electron chi connectivity index (χ4n) is 3.95. The quantitative estimate of drug-likeness (QED) is 0.554. The van der Waals surface area contributed by atoms with Crippen LogP contribution in [0.2, 0.25) is 0 Å². The van der Waals surface area contributed by atoms with Gasteiger partial charge >= 0.3 is 0 Å². The molecular weight excluding hydrogens is 322 g/mol. The summed E-state index contributed by atoms with van der Waals surface area (Å²) in [5, 5.41) is 4.90. The molecule has 0 fully saturated rings. The Hall–Kier alpha value is -2.95. The molecule has 0 atom stereocenters. The molecule has 0 aliphatic carbocycles. The minimum absolute atomic E-state index is 0.937. The van der Waals surface area contributed by atoms with E-state index in [4.69, 9.17) is 5.10 Å². The third-order valence-corrected chi connectivity index (χ3v) is 5.12. The fraction of sp³-hybridized carbons (Fsp3) is 0.286. The SMILES string of the molecule is CCCn1cnc2ccc(-c3c(-c4ccccn4)nn4c3CCC4)cc21. The monoisotopic (exact) mass is 343 g/mol. The highest BCUT2D eigenvalue weighted by Crippen LogP contribution is 2.37. The van der Waals surface area contributed by atoms with Gasteiger partial charge in [0.1, 0.15) is 5.69 Å². The zero-order chi connectivity index (χ0) is 17.5. The molecule has 0 spiro atoms. The Morgan fingerprint density at radius 1 is 1.12 bits per heavy atom. The number of fused-ring (bicyclic) bond motifs is 2. The number of aromatic nitrogens is 5. The fourth-order valence-corrected chi connectivity index (χ4v) is 3.95. The molecule has 0 radical (unpaired) electrons. The molecule has 4 heterocycles. The molecule has 4 aromatic rings. The van der Waals surface area contributed by atoms with Gasteiger partial charge in [-0.2, -0.15) is 5.10 Å². The van der Waals surface area contributed by atoms with Gasteiger partial charge in [0.05, 0.1) is 23.1 Å². The van der Waals surface area contributed by atoms with Crippen molar-refractivity contribution < 1.29 is 0 Å².